The van der Waals surface area contributed by atoms with Crippen LogP contribution >= 0.6 is 0 Å². The van der Waals surface area contributed by atoms with Gasteiger partial charge in [0.15, 0.2) is 0 Å². The van der Waals surface area contributed by atoms with Crippen molar-refractivity contribution in [2.75, 3.05) is 13.1 Å². The van der Waals surface area contributed by atoms with Crippen molar-refractivity contribution in [2.24, 2.45) is 22.5 Å². The number of aromatic amines is 1. The third-order valence-corrected chi connectivity index (χ3v) is 7.36. The fourth-order valence-corrected chi connectivity index (χ4v) is 5.12. The Kier molecular flexibility index (Phi) is 8.82. The summed E-state index contributed by atoms with van der Waals surface area (Å²) in [5, 5.41) is 7.63. The van der Waals surface area contributed by atoms with Crippen LogP contribution in [-0.2, 0) is 22.4 Å². The molecule has 9 N–H and O–H groups in total. The van der Waals surface area contributed by atoms with Gasteiger partial charge in [-0.15, -0.1) is 0 Å². The summed E-state index contributed by atoms with van der Waals surface area (Å²) in [6, 6.07) is 11.2. The number of amides is 2. The number of nitrogens with one attached hydrogen (secondary N) is 3. The van der Waals surface area contributed by atoms with Crippen molar-refractivity contribution in [1.82, 2.24) is 25.6 Å². The number of fused-ring (bicyclic) bond motifs is 1. The van der Waals surface area contributed by atoms with E-state index in [1.807, 2.05) is 41.4 Å². The van der Waals surface area contributed by atoms with E-state index in [2.05, 4.69) is 31.9 Å². The largest absolute Gasteiger partial charge is 0.361 e. The van der Waals surface area contributed by atoms with Crippen LogP contribution < -0.4 is 28.2 Å². The number of H-pyrrole nitrogens is 1. The fourth-order valence-electron chi connectivity index (χ4n) is 5.12. The quantitative estimate of drug-likeness (QED) is 0.104. The van der Waals surface area contributed by atoms with Gasteiger partial charge in [0.1, 0.15) is 11.9 Å². The van der Waals surface area contributed by atoms with Gasteiger partial charge in [-0.2, -0.15) is 5.10 Å². The summed E-state index contributed by atoms with van der Waals surface area (Å²) in [6.45, 7) is 4.42. The van der Waals surface area contributed by atoms with E-state index in [9.17, 15) is 9.59 Å². The number of benzene rings is 1. The number of carbonyl (C=O) groups is 2. The van der Waals surface area contributed by atoms with E-state index in [-0.39, 0.29) is 17.7 Å². The molecule has 2 aromatic heterocycles. The lowest BCUT2D eigenvalue weighted by atomic mass is 9.88. The number of aromatic nitrogens is 2. The van der Waals surface area contributed by atoms with Gasteiger partial charge in [-0.25, -0.2) is 5.84 Å². The molecule has 0 saturated carbocycles. The molecular weight excluding hydrogens is 494 g/mol. The number of hydrogen-bond donors (Lipinski definition) is 6. The van der Waals surface area contributed by atoms with Crippen LogP contribution in [0.25, 0.3) is 10.9 Å². The minimum absolute atomic E-state index is 0.101. The summed E-state index contributed by atoms with van der Waals surface area (Å²) in [4.78, 5) is 36.4. The molecule has 1 aliphatic rings. The van der Waals surface area contributed by atoms with Crippen LogP contribution in [0.1, 0.15) is 55.8 Å². The molecule has 1 aliphatic heterocycles. The van der Waals surface area contributed by atoms with E-state index in [1.54, 1.807) is 20.0 Å². The highest BCUT2D eigenvalue weighted by atomic mass is 16.2. The molecule has 3 aromatic rings. The van der Waals surface area contributed by atoms with E-state index < -0.39 is 11.6 Å². The Labute approximate surface area is 228 Å². The summed E-state index contributed by atoms with van der Waals surface area (Å²) in [6.07, 6.45) is 6.91. The average Bonchev–Trinajstić information content (AvgIpc) is 3.35. The van der Waals surface area contributed by atoms with E-state index >= 15 is 0 Å². The predicted molar refractivity (Wildman–Crippen MR) is 152 cm³/mol. The summed E-state index contributed by atoms with van der Waals surface area (Å²) in [5.41, 5.74) is 11.6. The number of carbonyl (C=O) groups excluding carboxylic acids is 2. The minimum atomic E-state index is -1.10. The molecule has 4 rings (SSSR count). The Balaban J connectivity index is 1.47. The van der Waals surface area contributed by atoms with Gasteiger partial charge < -0.3 is 32.2 Å². The molecule has 208 valence electrons. The first-order valence-electron chi connectivity index (χ1n) is 13.3. The van der Waals surface area contributed by atoms with Crippen molar-refractivity contribution in [3.05, 3.63) is 65.6 Å². The molecule has 11 nitrogen and oxygen atoms in total. The number of pyridine rings is 1. The van der Waals surface area contributed by atoms with Gasteiger partial charge in [0, 0.05) is 60.8 Å². The van der Waals surface area contributed by atoms with Crippen LogP contribution in [0.15, 0.2) is 53.9 Å². The van der Waals surface area contributed by atoms with Crippen LogP contribution in [0.5, 0.6) is 0 Å². The second-order valence-corrected chi connectivity index (χ2v) is 10.7. The molecule has 3 heterocycles. The zero-order valence-electron chi connectivity index (χ0n) is 22.6. The molecule has 0 unspecified atom stereocenters. The molecule has 0 aliphatic carbocycles. The maximum Gasteiger partial charge on any atom is 0.245 e. The number of rotatable bonds is 9. The van der Waals surface area contributed by atoms with Crippen molar-refractivity contribution in [1.29, 1.82) is 0 Å². The monoisotopic (exact) mass is 533 g/mol. The van der Waals surface area contributed by atoms with Crippen molar-refractivity contribution >= 4 is 28.6 Å². The number of nitrogens with two attached hydrogens (primary N) is 3. The predicted octanol–water partition coefficient (Wildman–Crippen LogP) is 1.40. The van der Waals surface area contributed by atoms with Crippen LogP contribution in [0.3, 0.4) is 0 Å². The molecule has 1 saturated heterocycles. The number of para-hydroxylation sites is 1. The number of hydrazone groups is 1. The highest BCUT2D eigenvalue weighted by molar-refractivity contribution is 5.92. The summed E-state index contributed by atoms with van der Waals surface area (Å²) in [5.74, 6) is 11.1. The molecule has 1 aromatic carbocycles. The van der Waals surface area contributed by atoms with E-state index in [0.29, 0.717) is 38.2 Å². The number of hydrazine groups is 1. The normalized spacial score (nSPS) is 15.8. The van der Waals surface area contributed by atoms with Crippen molar-refractivity contribution in [3.8, 4) is 0 Å². The molecule has 0 spiro atoms. The smallest absolute Gasteiger partial charge is 0.245 e. The molecule has 2 amide bonds. The lowest BCUT2D eigenvalue weighted by molar-refractivity contribution is -0.138. The van der Waals surface area contributed by atoms with Gasteiger partial charge in [-0.1, -0.05) is 24.3 Å². The van der Waals surface area contributed by atoms with Gasteiger partial charge in [-0.3, -0.25) is 14.6 Å². The summed E-state index contributed by atoms with van der Waals surface area (Å²) >= 11 is 0. The standard InChI is InChI=1S/C28H39N9O2/c1-28(2,29)27(39)34-23(16-20-17-33-22-8-4-3-7-21(20)22)26(38)37-14-11-19(12-15-37)25-18(6-5-13-32-25)9-10-24(35-30)36-31/h3-8,13,17,19,23,33H,9-12,14-16,29-31H2,1-2H3,(H,34,39)(H,35,36)/t23-/m1/s1. The average molecular weight is 534 g/mol. The number of amidine groups is 1. The molecule has 39 heavy (non-hydrogen) atoms. The molecular formula is C28H39N9O2. The minimum Gasteiger partial charge on any atom is -0.361 e. The summed E-state index contributed by atoms with van der Waals surface area (Å²) < 4.78 is 0. The van der Waals surface area contributed by atoms with Crippen LogP contribution in [0.2, 0.25) is 0 Å². The van der Waals surface area contributed by atoms with E-state index in [4.69, 9.17) is 17.4 Å². The third kappa shape index (κ3) is 6.73. The lowest BCUT2D eigenvalue weighted by Crippen LogP contribution is -2.57. The Morgan fingerprint density at radius 1 is 1.18 bits per heavy atom. The second-order valence-electron chi connectivity index (χ2n) is 10.7. The number of nitrogens with zero attached hydrogens (tertiary/aromatic N) is 3. The van der Waals surface area contributed by atoms with Gasteiger partial charge in [0.05, 0.1) is 5.54 Å². The van der Waals surface area contributed by atoms with Crippen molar-refractivity contribution < 1.29 is 9.59 Å². The van der Waals surface area contributed by atoms with E-state index in [0.717, 1.165) is 40.6 Å². The fraction of sp³-hybridized carbons (Fsp3) is 0.429. The molecule has 0 radical (unpaired) electrons. The SMILES string of the molecule is CC(C)(N)C(=O)N[C@H](Cc1c[nH]c2ccccc12)C(=O)N1CCC(c2ncccc2CC/C(=N/N)NN)CC1. The number of aryl methyl sites for hydroxylation is 1. The molecule has 11 heteroatoms. The number of hydrogen-bond acceptors (Lipinski definition) is 7. The van der Waals surface area contributed by atoms with E-state index in [1.165, 1.54) is 0 Å². The highest BCUT2D eigenvalue weighted by Gasteiger charge is 2.33. The molecule has 0 bridgehead atoms. The zero-order valence-corrected chi connectivity index (χ0v) is 22.6. The Bertz CT molecular complexity index is 1320. The van der Waals surface area contributed by atoms with Gasteiger partial charge in [-0.05, 0) is 56.4 Å². The lowest BCUT2D eigenvalue weighted by Gasteiger charge is -2.35. The van der Waals surface area contributed by atoms with Crippen molar-refractivity contribution in [3.63, 3.8) is 0 Å². The highest BCUT2D eigenvalue weighted by Crippen LogP contribution is 2.30. The number of piperidine rings is 1. The second kappa shape index (κ2) is 12.3. The molecule has 1 atom stereocenters. The maximum atomic E-state index is 13.8. The summed E-state index contributed by atoms with van der Waals surface area (Å²) in [7, 11) is 0. The van der Waals surface area contributed by atoms with Gasteiger partial charge >= 0.3 is 0 Å². The maximum absolute atomic E-state index is 13.8. The third-order valence-electron chi connectivity index (χ3n) is 7.36. The Morgan fingerprint density at radius 2 is 1.92 bits per heavy atom. The van der Waals surface area contributed by atoms with Gasteiger partial charge in [0.2, 0.25) is 11.8 Å². The first-order chi connectivity index (χ1) is 18.7. The van der Waals surface area contributed by atoms with Crippen LogP contribution in [0, 0.1) is 0 Å². The number of likely N-dealkylation sites (tertiary alicyclic amines) is 1. The topological polar surface area (TPSA) is 181 Å². The van der Waals surface area contributed by atoms with Crippen LogP contribution in [0.4, 0.5) is 0 Å². The molecule has 1 fully saturated rings. The Hall–Kier alpha value is -3.96. The van der Waals surface area contributed by atoms with Gasteiger partial charge in [0.25, 0.3) is 0 Å². The van der Waals surface area contributed by atoms with Crippen molar-refractivity contribution in [2.45, 2.75) is 63.5 Å². The Morgan fingerprint density at radius 3 is 2.62 bits per heavy atom. The first-order valence-corrected chi connectivity index (χ1v) is 13.3. The first kappa shape index (κ1) is 28.1. The zero-order chi connectivity index (χ0) is 28.0. The van der Waals surface area contributed by atoms with Crippen LogP contribution in [-0.4, -0.2) is 57.2 Å².